The fourth-order valence-electron chi connectivity index (χ4n) is 2.61. The molecule has 4 nitrogen and oxygen atoms in total. The predicted molar refractivity (Wildman–Crippen MR) is 99.9 cm³/mol. The molecule has 0 amide bonds. The van der Waals surface area contributed by atoms with Crippen LogP contribution in [0.5, 0.6) is 17.2 Å². The average Bonchev–Trinajstić information content (AvgIpc) is 2.68. The van der Waals surface area contributed by atoms with Crippen LogP contribution in [0.2, 0.25) is 0 Å². The van der Waals surface area contributed by atoms with Crippen molar-refractivity contribution in [2.24, 2.45) is 0 Å². The highest BCUT2D eigenvalue weighted by Gasteiger charge is 2.13. The molecule has 0 saturated carbocycles. The zero-order valence-corrected chi connectivity index (χ0v) is 14.8. The number of phenols is 1. The van der Waals surface area contributed by atoms with E-state index in [1.165, 1.54) is 18.2 Å². The summed E-state index contributed by atoms with van der Waals surface area (Å²) in [5.41, 5.74) is 1.87. The Morgan fingerprint density at radius 3 is 2.19 bits per heavy atom. The Kier molecular flexibility index (Phi) is 5.71. The molecule has 3 rings (SSSR count). The van der Waals surface area contributed by atoms with E-state index < -0.39 is 0 Å². The van der Waals surface area contributed by atoms with E-state index in [2.05, 4.69) is 0 Å². The van der Waals surface area contributed by atoms with Crippen LogP contribution < -0.4 is 9.47 Å². The largest absolute Gasteiger partial charge is 0.507 e. The maximum atomic E-state index is 12.9. The fourth-order valence-corrected chi connectivity index (χ4v) is 2.61. The predicted octanol–water partition coefficient (Wildman–Crippen LogP) is 4.54. The number of hydrogen-bond acceptors (Lipinski definition) is 4. The number of methoxy groups -OCH3 is 1. The Hall–Kier alpha value is -3.34. The number of ketones is 1. The van der Waals surface area contributed by atoms with Crippen molar-refractivity contribution in [3.63, 3.8) is 0 Å². The van der Waals surface area contributed by atoms with Gasteiger partial charge in [0.15, 0.2) is 5.78 Å². The Bertz CT molecular complexity index is 918. The maximum Gasteiger partial charge on any atom is 0.170 e. The normalized spacial score (nSPS) is 10.4. The number of ether oxygens (including phenoxy) is 2. The highest BCUT2D eigenvalue weighted by molar-refractivity contribution is 6.00. The molecule has 0 atom stereocenters. The van der Waals surface area contributed by atoms with Crippen molar-refractivity contribution >= 4 is 5.78 Å². The third kappa shape index (κ3) is 4.85. The lowest BCUT2D eigenvalue weighted by molar-refractivity contribution is 0.0990. The van der Waals surface area contributed by atoms with Gasteiger partial charge >= 0.3 is 0 Å². The molecule has 0 aliphatic carbocycles. The zero-order chi connectivity index (χ0) is 19.2. The summed E-state index contributed by atoms with van der Waals surface area (Å²) < 4.78 is 23.6. The third-order valence-electron chi connectivity index (χ3n) is 4.11. The van der Waals surface area contributed by atoms with Crippen LogP contribution >= 0.6 is 0 Å². The first-order valence-electron chi connectivity index (χ1n) is 8.41. The molecule has 0 saturated heterocycles. The molecule has 0 aliphatic rings. The second kappa shape index (κ2) is 8.36. The van der Waals surface area contributed by atoms with Gasteiger partial charge < -0.3 is 14.6 Å². The summed E-state index contributed by atoms with van der Waals surface area (Å²) in [6.45, 7) is 0.235. The number of phenolic OH excluding ortho intramolecular Hbond substituents is 1. The van der Waals surface area contributed by atoms with Crippen LogP contribution in [0.3, 0.4) is 0 Å². The summed E-state index contributed by atoms with van der Waals surface area (Å²) >= 11 is 0. The van der Waals surface area contributed by atoms with Crippen LogP contribution in [0.25, 0.3) is 0 Å². The molecule has 0 fully saturated rings. The first-order valence-corrected chi connectivity index (χ1v) is 8.41. The minimum atomic E-state index is -0.309. The molecule has 0 bridgehead atoms. The number of aromatic hydroxyl groups is 1. The lowest BCUT2D eigenvalue weighted by atomic mass is 10.0. The molecule has 3 aromatic carbocycles. The lowest BCUT2D eigenvalue weighted by Gasteiger charge is -2.09. The van der Waals surface area contributed by atoms with Crippen molar-refractivity contribution in [2.75, 3.05) is 7.11 Å². The van der Waals surface area contributed by atoms with Gasteiger partial charge in [0.25, 0.3) is 0 Å². The molecular formula is C22H19FO4. The first kappa shape index (κ1) is 18.5. The average molecular weight is 366 g/mol. The maximum absolute atomic E-state index is 12.9. The Morgan fingerprint density at radius 1 is 0.926 bits per heavy atom. The van der Waals surface area contributed by atoms with Crippen LogP contribution in [0.1, 0.15) is 21.5 Å². The van der Waals surface area contributed by atoms with Crippen LogP contribution in [0.15, 0.2) is 66.7 Å². The van der Waals surface area contributed by atoms with E-state index in [1.54, 1.807) is 43.5 Å². The molecule has 1 N–H and O–H groups in total. The van der Waals surface area contributed by atoms with E-state index in [0.29, 0.717) is 5.75 Å². The summed E-state index contributed by atoms with van der Waals surface area (Å²) in [7, 11) is 1.58. The quantitative estimate of drug-likeness (QED) is 0.624. The van der Waals surface area contributed by atoms with Gasteiger partial charge in [-0.3, -0.25) is 4.79 Å². The smallest absolute Gasteiger partial charge is 0.170 e. The summed E-state index contributed by atoms with van der Waals surface area (Å²) in [5, 5.41) is 10.2. The van der Waals surface area contributed by atoms with E-state index in [-0.39, 0.29) is 35.9 Å². The van der Waals surface area contributed by atoms with E-state index in [9.17, 15) is 14.3 Å². The van der Waals surface area contributed by atoms with Gasteiger partial charge in [0.05, 0.1) is 12.7 Å². The summed E-state index contributed by atoms with van der Waals surface area (Å²) in [6.07, 6.45) is 0.174. The van der Waals surface area contributed by atoms with Gasteiger partial charge in [-0.25, -0.2) is 4.39 Å². The molecule has 0 aromatic heterocycles. The van der Waals surface area contributed by atoms with Gasteiger partial charge in [0.1, 0.15) is 29.7 Å². The molecule has 27 heavy (non-hydrogen) atoms. The van der Waals surface area contributed by atoms with Crippen molar-refractivity contribution in [3.05, 3.63) is 89.2 Å². The Labute approximate surface area is 156 Å². The van der Waals surface area contributed by atoms with Crippen LogP contribution in [0, 0.1) is 5.82 Å². The van der Waals surface area contributed by atoms with Crippen molar-refractivity contribution < 1.29 is 23.8 Å². The van der Waals surface area contributed by atoms with Crippen LogP contribution in [0.4, 0.5) is 4.39 Å². The van der Waals surface area contributed by atoms with Crippen LogP contribution in [-0.2, 0) is 13.0 Å². The number of carbonyl (C=O) groups is 1. The van der Waals surface area contributed by atoms with Gasteiger partial charge in [-0.15, -0.1) is 0 Å². The van der Waals surface area contributed by atoms with Gasteiger partial charge in [0, 0.05) is 12.5 Å². The monoisotopic (exact) mass is 366 g/mol. The molecule has 138 valence electrons. The standard InChI is InChI=1S/C22H19FO4/c1-26-18-8-4-15(5-9-18)12-21(24)20-11-10-19(13-22(20)25)27-14-16-2-6-17(23)7-3-16/h2-11,13,25H,12,14H2,1H3. The van der Waals surface area contributed by atoms with E-state index in [1.807, 2.05) is 12.1 Å². The molecule has 0 heterocycles. The first-order chi connectivity index (χ1) is 13.0. The highest BCUT2D eigenvalue weighted by atomic mass is 19.1. The lowest BCUT2D eigenvalue weighted by Crippen LogP contribution is -2.04. The minimum absolute atomic E-state index is 0.134. The van der Waals surface area contributed by atoms with Crippen molar-refractivity contribution in [1.29, 1.82) is 0 Å². The molecule has 3 aromatic rings. The Balaban J connectivity index is 1.64. The number of carbonyl (C=O) groups excluding carboxylic acids is 1. The molecule has 0 unspecified atom stereocenters. The molecule has 0 aliphatic heterocycles. The number of benzene rings is 3. The molecule has 0 radical (unpaired) electrons. The van der Waals surface area contributed by atoms with Gasteiger partial charge in [0.2, 0.25) is 0 Å². The minimum Gasteiger partial charge on any atom is -0.507 e. The number of Topliss-reactive ketones (excluding diaryl/α,β-unsaturated/α-hetero) is 1. The van der Waals surface area contributed by atoms with E-state index in [0.717, 1.165) is 16.9 Å². The van der Waals surface area contributed by atoms with Crippen molar-refractivity contribution in [3.8, 4) is 17.2 Å². The second-order valence-corrected chi connectivity index (χ2v) is 6.04. The van der Waals surface area contributed by atoms with Crippen molar-refractivity contribution in [2.45, 2.75) is 13.0 Å². The molecule has 0 spiro atoms. The molecular weight excluding hydrogens is 347 g/mol. The van der Waals surface area contributed by atoms with Gasteiger partial charge in [-0.1, -0.05) is 24.3 Å². The van der Waals surface area contributed by atoms with Gasteiger partial charge in [-0.2, -0.15) is 0 Å². The number of halogens is 1. The van der Waals surface area contributed by atoms with Crippen LogP contribution in [-0.4, -0.2) is 18.0 Å². The second-order valence-electron chi connectivity index (χ2n) is 6.04. The summed E-state index contributed by atoms with van der Waals surface area (Å²) in [4.78, 5) is 12.4. The summed E-state index contributed by atoms with van der Waals surface area (Å²) in [5.74, 6) is 0.513. The van der Waals surface area contributed by atoms with E-state index >= 15 is 0 Å². The SMILES string of the molecule is COc1ccc(CC(=O)c2ccc(OCc3ccc(F)cc3)cc2O)cc1. The number of rotatable bonds is 7. The molecule has 5 heteroatoms. The number of hydrogen-bond donors (Lipinski definition) is 1. The summed E-state index contributed by atoms with van der Waals surface area (Å²) in [6, 6.07) is 17.8. The van der Waals surface area contributed by atoms with Crippen molar-refractivity contribution in [1.82, 2.24) is 0 Å². The Morgan fingerprint density at radius 2 is 1.56 bits per heavy atom. The fraction of sp³-hybridized carbons (Fsp3) is 0.136. The van der Waals surface area contributed by atoms with E-state index in [4.69, 9.17) is 9.47 Å². The topological polar surface area (TPSA) is 55.8 Å². The van der Waals surface area contributed by atoms with Gasteiger partial charge in [-0.05, 0) is 47.5 Å². The third-order valence-corrected chi connectivity index (χ3v) is 4.11. The highest BCUT2D eigenvalue weighted by Crippen LogP contribution is 2.26. The zero-order valence-electron chi connectivity index (χ0n) is 14.8.